The van der Waals surface area contributed by atoms with E-state index in [9.17, 15) is 14.3 Å². The van der Waals surface area contributed by atoms with Crippen LogP contribution >= 0.6 is 7.82 Å². The summed E-state index contributed by atoms with van der Waals surface area (Å²) in [5, 5.41) is 0. The Labute approximate surface area is 287 Å². The maximum absolute atomic E-state index is 12.2. The maximum Gasteiger partial charge on any atom is 0.472 e. The Kier molecular flexibility index (Phi) is 34.1. The highest BCUT2D eigenvalue weighted by Gasteiger charge is 2.25. The topological polar surface area (TPSA) is 117 Å². The second-order valence-electron chi connectivity index (χ2n) is 11.7. The van der Waals surface area contributed by atoms with E-state index < -0.39 is 13.9 Å². The summed E-state index contributed by atoms with van der Waals surface area (Å²) in [6.45, 7) is 4.63. The number of nitrogens with two attached hydrogens (primary N) is 1. The monoisotopic (exact) mass is 681 g/mol. The summed E-state index contributed by atoms with van der Waals surface area (Å²) in [5.41, 5.74) is 5.32. The van der Waals surface area contributed by atoms with Gasteiger partial charge in [-0.3, -0.25) is 13.8 Å². The van der Waals surface area contributed by atoms with E-state index in [0.29, 0.717) is 13.0 Å². The predicted molar refractivity (Wildman–Crippen MR) is 196 cm³/mol. The van der Waals surface area contributed by atoms with Crippen molar-refractivity contribution < 1.29 is 32.8 Å². The fraction of sp³-hybridized carbons (Fsp3) is 0.711. The number of phosphoric acid groups is 1. The standard InChI is InChI=1S/C38H68NO7P/c1-3-5-7-9-10-11-12-13-14-15-16-17-18-19-20-21-22-23-24-25-26-27-28-30-33-43-35-37(36-45-47(41,42)44-34-32-39)46-38(40)31-29-8-6-4-2/h5,7,10-11,13-14,16-17,19-20,37H,3-4,6,8-9,12,15,18,21-36,39H2,1-2H3,(H,41,42)/b7-5-,11-10-,14-13-,17-16-,20-19-. The van der Waals surface area contributed by atoms with Gasteiger partial charge < -0.3 is 20.1 Å². The van der Waals surface area contributed by atoms with Crippen molar-refractivity contribution in [3.8, 4) is 0 Å². The molecule has 0 saturated carbocycles. The molecule has 0 saturated heterocycles. The van der Waals surface area contributed by atoms with Crippen molar-refractivity contribution in [1.29, 1.82) is 0 Å². The normalized spacial score (nSPS) is 14.4. The van der Waals surface area contributed by atoms with Crippen LogP contribution in [0.4, 0.5) is 0 Å². The molecule has 0 aliphatic rings. The summed E-state index contributed by atoms with van der Waals surface area (Å²) in [5.74, 6) is -0.355. The van der Waals surface area contributed by atoms with Crippen molar-refractivity contribution in [3.05, 3.63) is 60.8 Å². The molecule has 2 unspecified atom stereocenters. The number of ether oxygens (including phenoxy) is 2. The molecule has 0 heterocycles. The lowest BCUT2D eigenvalue weighted by atomic mass is 10.1. The number of rotatable bonds is 34. The Bertz CT molecular complexity index is 900. The van der Waals surface area contributed by atoms with Crippen LogP contribution in [0.5, 0.6) is 0 Å². The van der Waals surface area contributed by atoms with Crippen molar-refractivity contribution in [2.24, 2.45) is 5.73 Å². The molecular weight excluding hydrogens is 613 g/mol. The molecule has 0 aliphatic heterocycles. The number of phosphoric ester groups is 1. The third-order valence-corrected chi connectivity index (χ3v) is 8.18. The molecule has 0 amide bonds. The Morgan fingerprint density at radius 2 is 1.19 bits per heavy atom. The van der Waals surface area contributed by atoms with Crippen molar-refractivity contribution in [1.82, 2.24) is 0 Å². The molecule has 0 aromatic rings. The van der Waals surface area contributed by atoms with Crippen LogP contribution in [0.15, 0.2) is 60.8 Å². The first-order valence-corrected chi connectivity index (χ1v) is 19.8. The van der Waals surface area contributed by atoms with E-state index in [4.69, 9.17) is 24.3 Å². The van der Waals surface area contributed by atoms with Crippen LogP contribution in [-0.2, 0) is 27.9 Å². The van der Waals surface area contributed by atoms with Gasteiger partial charge in [-0.2, -0.15) is 0 Å². The summed E-state index contributed by atoms with van der Waals surface area (Å²) >= 11 is 0. The molecule has 0 aliphatic carbocycles. The average molecular weight is 682 g/mol. The van der Waals surface area contributed by atoms with E-state index in [0.717, 1.165) is 77.0 Å². The van der Waals surface area contributed by atoms with E-state index in [1.54, 1.807) is 0 Å². The maximum atomic E-state index is 12.2. The van der Waals surface area contributed by atoms with E-state index in [1.807, 2.05) is 0 Å². The third-order valence-electron chi connectivity index (χ3n) is 7.20. The molecule has 0 spiro atoms. The molecule has 0 aromatic heterocycles. The van der Waals surface area contributed by atoms with Gasteiger partial charge in [0.1, 0.15) is 6.10 Å². The molecular formula is C38H68NO7P. The van der Waals surface area contributed by atoms with Crippen molar-refractivity contribution in [2.75, 3.05) is 33.0 Å². The second-order valence-corrected chi connectivity index (χ2v) is 13.2. The van der Waals surface area contributed by atoms with Gasteiger partial charge in [0.05, 0.1) is 19.8 Å². The zero-order chi connectivity index (χ0) is 34.5. The van der Waals surface area contributed by atoms with E-state index in [-0.39, 0.29) is 32.3 Å². The molecule has 9 heteroatoms. The molecule has 0 rings (SSSR count). The van der Waals surface area contributed by atoms with Gasteiger partial charge in [0.15, 0.2) is 0 Å². The van der Waals surface area contributed by atoms with Crippen LogP contribution in [-0.4, -0.2) is 49.9 Å². The van der Waals surface area contributed by atoms with Crippen molar-refractivity contribution in [2.45, 2.75) is 142 Å². The highest BCUT2D eigenvalue weighted by atomic mass is 31.2. The first-order valence-electron chi connectivity index (χ1n) is 18.3. The van der Waals surface area contributed by atoms with Gasteiger partial charge in [-0.1, -0.05) is 132 Å². The van der Waals surface area contributed by atoms with Crippen LogP contribution < -0.4 is 5.73 Å². The number of carbonyl (C=O) groups excluding carboxylic acids is 1. The zero-order valence-corrected chi connectivity index (χ0v) is 30.6. The van der Waals surface area contributed by atoms with Gasteiger partial charge in [-0.15, -0.1) is 0 Å². The Morgan fingerprint density at radius 1 is 0.660 bits per heavy atom. The Morgan fingerprint density at radius 3 is 1.77 bits per heavy atom. The summed E-state index contributed by atoms with van der Waals surface area (Å²) in [6, 6.07) is 0. The SMILES string of the molecule is CC/C=C\C/C=C\C/C=C\C/C=C\C/C=C\CCCCCCCCCCOCC(COP(=O)(O)OCCN)OC(=O)CCCCCC. The van der Waals surface area contributed by atoms with Gasteiger partial charge >= 0.3 is 13.8 Å². The highest BCUT2D eigenvalue weighted by Crippen LogP contribution is 2.43. The summed E-state index contributed by atoms with van der Waals surface area (Å²) in [7, 11) is -4.26. The molecule has 47 heavy (non-hydrogen) atoms. The number of carbonyl (C=O) groups is 1. The molecule has 0 aromatic carbocycles. The fourth-order valence-corrected chi connectivity index (χ4v) is 5.32. The van der Waals surface area contributed by atoms with Crippen LogP contribution in [0.3, 0.4) is 0 Å². The quantitative estimate of drug-likeness (QED) is 0.0298. The average Bonchev–Trinajstić information content (AvgIpc) is 3.06. The minimum absolute atomic E-state index is 0.0962. The molecule has 3 N–H and O–H groups in total. The van der Waals surface area contributed by atoms with Crippen molar-refractivity contribution in [3.63, 3.8) is 0 Å². The van der Waals surface area contributed by atoms with E-state index in [2.05, 4.69) is 74.6 Å². The van der Waals surface area contributed by atoms with Crippen LogP contribution in [0.1, 0.15) is 136 Å². The molecule has 0 fully saturated rings. The van der Waals surface area contributed by atoms with Crippen LogP contribution in [0.2, 0.25) is 0 Å². The molecule has 0 bridgehead atoms. The highest BCUT2D eigenvalue weighted by molar-refractivity contribution is 7.47. The largest absolute Gasteiger partial charge is 0.472 e. The molecule has 0 radical (unpaired) electrons. The predicted octanol–water partition coefficient (Wildman–Crippen LogP) is 10.2. The van der Waals surface area contributed by atoms with Crippen LogP contribution in [0, 0.1) is 0 Å². The van der Waals surface area contributed by atoms with Gasteiger partial charge in [0.2, 0.25) is 0 Å². The lowest BCUT2D eigenvalue weighted by Gasteiger charge is -2.20. The van der Waals surface area contributed by atoms with Gasteiger partial charge in [-0.25, -0.2) is 4.57 Å². The lowest BCUT2D eigenvalue weighted by molar-refractivity contribution is -0.154. The lowest BCUT2D eigenvalue weighted by Crippen LogP contribution is -2.28. The molecule has 2 atom stereocenters. The first kappa shape index (κ1) is 45.2. The van der Waals surface area contributed by atoms with Gasteiger partial charge in [0, 0.05) is 19.6 Å². The minimum atomic E-state index is -4.26. The number of hydrogen-bond acceptors (Lipinski definition) is 7. The first-order chi connectivity index (χ1) is 22.9. The van der Waals surface area contributed by atoms with Gasteiger partial charge in [0.25, 0.3) is 0 Å². The number of esters is 1. The summed E-state index contributed by atoms with van der Waals surface area (Å²) in [6.07, 6.45) is 41.5. The number of allylic oxidation sites excluding steroid dienone is 10. The zero-order valence-electron chi connectivity index (χ0n) is 29.7. The number of hydrogen-bond donors (Lipinski definition) is 2. The van der Waals surface area contributed by atoms with E-state index in [1.165, 1.54) is 38.5 Å². The van der Waals surface area contributed by atoms with Crippen molar-refractivity contribution >= 4 is 13.8 Å². The molecule has 272 valence electrons. The summed E-state index contributed by atoms with van der Waals surface area (Å²) < 4.78 is 32.9. The number of unbranched alkanes of at least 4 members (excludes halogenated alkanes) is 11. The van der Waals surface area contributed by atoms with Gasteiger partial charge in [-0.05, 0) is 57.8 Å². The molecule has 8 nitrogen and oxygen atoms in total. The Balaban J connectivity index is 3.86. The van der Waals surface area contributed by atoms with Crippen LogP contribution in [0.25, 0.3) is 0 Å². The third kappa shape index (κ3) is 35.3. The second kappa shape index (κ2) is 35.5. The fourth-order valence-electron chi connectivity index (χ4n) is 4.55. The summed E-state index contributed by atoms with van der Waals surface area (Å²) in [4.78, 5) is 22.0. The Hall–Kier alpha value is -1.80. The smallest absolute Gasteiger partial charge is 0.457 e. The minimum Gasteiger partial charge on any atom is -0.457 e. The van der Waals surface area contributed by atoms with E-state index >= 15 is 0 Å².